The number of benzene rings is 2. The first kappa shape index (κ1) is 25.1. The number of carbonyl (C=O) groups is 1. The van der Waals surface area contributed by atoms with E-state index in [0.717, 1.165) is 34.8 Å². The maximum absolute atomic E-state index is 14.4. The zero-order valence-corrected chi connectivity index (χ0v) is 21.4. The smallest absolute Gasteiger partial charge is 0.276 e. The number of hydrogen-bond acceptors (Lipinski definition) is 7. The molecule has 1 unspecified atom stereocenters. The lowest BCUT2D eigenvalue weighted by molar-refractivity contribution is -0.106. The Balaban J connectivity index is 1.40. The van der Waals surface area contributed by atoms with Gasteiger partial charge in [0.2, 0.25) is 0 Å². The minimum Gasteiger partial charge on any atom is -0.380 e. The second-order valence-electron chi connectivity index (χ2n) is 10.4. The highest BCUT2D eigenvalue weighted by Crippen LogP contribution is 2.44. The fourth-order valence-electron chi connectivity index (χ4n) is 5.36. The third kappa shape index (κ3) is 4.07. The topological polar surface area (TPSA) is 120 Å². The Bertz CT molecular complexity index is 1640. The number of anilines is 2. The number of halogens is 2. The van der Waals surface area contributed by atoms with Crippen molar-refractivity contribution in [2.24, 2.45) is 11.1 Å². The van der Waals surface area contributed by atoms with Crippen LogP contribution in [0.1, 0.15) is 30.4 Å². The van der Waals surface area contributed by atoms with Crippen LogP contribution in [0.4, 0.5) is 20.2 Å². The minimum absolute atomic E-state index is 0.105. The second kappa shape index (κ2) is 9.24. The van der Waals surface area contributed by atoms with E-state index >= 15 is 0 Å². The van der Waals surface area contributed by atoms with Crippen LogP contribution >= 0.6 is 0 Å². The highest BCUT2D eigenvalue weighted by Gasteiger charge is 2.51. The molecule has 2 saturated heterocycles. The van der Waals surface area contributed by atoms with Crippen LogP contribution < -0.4 is 21.5 Å². The van der Waals surface area contributed by atoms with Gasteiger partial charge in [-0.2, -0.15) is 14.9 Å². The average Bonchev–Trinajstić information content (AvgIpc) is 3.46. The first-order chi connectivity index (χ1) is 18.7. The monoisotopic (exact) mass is 535 g/mol. The summed E-state index contributed by atoms with van der Waals surface area (Å²) >= 11 is 0. The number of para-hydroxylation sites is 1. The molecule has 2 aromatic heterocycles. The van der Waals surface area contributed by atoms with Crippen LogP contribution in [0, 0.1) is 17.0 Å². The van der Waals surface area contributed by atoms with E-state index in [4.69, 9.17) is 10.5 Å². The van der Waals surface area contributed by atoms with Crippen molar-refractivity contribution < 1.29 is 18.3 Å². The molecule has 4 heterocycles. The summed E-state index contributed by atoms with van der Waals surface area (Å²) in [4.78, 5) is 27.9. The molecule has 1 spiro atoms. The molecule has 202 valence electrons. The molecular weight excluding hydrogens is 508 g/mol. The number of carbonyl (C=O) groups excluding carboxylic acids is 1. The molecule has 0 aliphatic carbocycles. The Morgan fingerprint density at radius 1 is 1.13 bits per heavy atom. The Labute approximate surface area is 222 Å². The molecule has 1 amide bonds. The van der Waals surface area contributed by atoms with E-state index < -0.39 is 28.8 Å². The number of amides is 1. The third-order valence-corrected chi connectivity index (χ3v) is 7.48. The van der Waals surface area contributed by atoms with E-state index in [2.05, 4.69) is 20.4 Å². The van der Waals surface area contributed by atoms with Crippen LogP contribution in [-0.2, 0) is 4.74 Å². The van der Waals surface area contributed by atoms with Gasteiger partial charge in [0.15, 0.2) is 11.6 Å². The predicted octanol–water partition coefficient (Wildman–Crippen LogP) is 2.86. The van der Waals surface area contributed by atoms with E-state index in [1.165, 1.54) is 12.1 Å². The van der Waals surface area contributed by atoms with Crippen LogP contribution in [0.15, 0.2) is 53.5 Å². The van der Waals surface area contributed by atoms with E-state index in [9.17, 15) is 18.4 Å². The highest BCUT2D eigenvalue weighted by atomic mass is 19.1. The lowest BCUT2D eigenvalue weighted by Gasteiger charge is -2.40. The van der Waals surface area contributed by atoms with Gasteiger partial charge in [0.1, 0.15) is 11.4 Å². The maximum Gasteiger partial charge on any atom is 0.276 e. The van der Waals surface area contributed by atoms with Crippen LogP contribution in [0.3, 0.4) is 0 Å². The maximum atomic E-state index is 14.4. The van der Waals surface area contributed by atoms with Crippen LogP contribution in [0.2, 0.25) is 0 Å². The molecule has 2 fully saturated rings. The van der Waals surface area contributed by atoms with Crippen molar-refractivity contribution in [2.45, 2.75) is 25.9 Å². The summed E-state index contributed by atoms with van der Waals surface area (Å²) in [5, 5.41) is 12.3. The molecule has 4 aromatic rings. The normalized spacial score (nSPS) is 18.2. The van der Waals surface area contributed by atoms with Crippen molar-refractivity contribution >= 4 is 28.2 Å². The lowest BCUT2D eigenvalue weighted by Crippen LogP contribution is -2.54. The molecule has 0 bridgehead atoms. The molecule has 12 heteroatoms. The predicted molar refractivity (Wildman–Crippen MR) is 141 cm³/mol. The molecule has 2 aliphatic heterocycles. The van der Waals surface area contributed by atoms with Crippen molar-refractivity contribution in [3.05, 3.63) is 76.3 Å². The number of nitrogens with zero attached hydrogens (tertiary/aromatic N) is 5. The lowest BCUT2D eigenvalue weighted by atomic mass is 9.82. The third-order valence-electron chi connectivity index (χ3n) is 7.48. The molecule has 1 atom stereocenters. The summed E-state index contributed by atoms with van der Waals surface area (Å²) < 4.78 is 36.7. The molecule has 39 heavy (non-hydrogen) atoms. The van der Waals surface area contributed by atoms with Gasteiger partial charge < -0.3 is 20.7 Å². The standard InChI is InChI=1S/C27H27F2N7O3/c1-15(2)35-21-8-6-19(24(16(21)10-31-35)34-11-22(30)27(12-34)13-39-14-27)32-26(38)20-7-9-23(37)36(33-20)25-17(28)4-3-5-18(25)29/h3-10,15,22H,11-14,30H2,1-2H3,(H,32,38). The fourth-order valence-corrected chi connectivity index (χ4v) is 5.36. The molecule has 2 aliphatic rings. The number of rotatable bonds is 5. The van der Waals surface area contributed by atoms with Crippen molar-refractivity contribution in [3.63, 3.8) is 0 Å². The second-order valence-corrected chi connectivity index (χ2v) is 10.4. The van der Waals surface area contributed by atoms with Crippen LogP contribution in [-0.4, -0.2) is 57.8 Å². The first-order valence-corrected chi connectivity index (χ1v) is 12.6. The number of hydrogen-bond donors (Lipinski definition) is 2. The van der Waals surface area contributed by atoms with Gasteiger partial charge >= 0.3 is 0 Å². The number of ether oxygens (including phenoxy) is 1. The van der Waals surface area contributed by atoms with Gasteiger partial charge in [-0.3, -0.25) is 14.3 Å². The Kier molecular flexibility index (Phi) is 5.96. The summed E-state index contributed by atoms with van der Waals surface area (Å²) in [6, 6.07) is 9.15. The van der Waals surface area contributed by atoms with E-state index in [1.54, 1.807) is 12.3 Å². The number of aromatic nitrogens is 4. The zero-order valence-electron chi connectivity index (χ0n) is 21.4. The van der Waals surface area contributed by atoms with Crippen molar-refractivity contribution in [1.29, 1.82) is 0 Å². The number of fused-ring (bicyclic) bond motifs is 1. The molecule has 0 radical (unpaired) electrons. The summed E-state index contributed by atoms with van der Waals surface area (Å²) in [6.45, 7) is 6.43. The minimum atomic E-state index is -0.976. The summed E-state index contributed by atoms with van der Waals surface area (Å²) in [5.74, 6) is -2.60. The van der Waals surface area contributed by atoms with Crippen LogP contribution in [0.25, 0.3) is 16.6 Å². The van der Waals surface area contributed by atoms with E-state index in [1.807, 2.05) is 24.6 Å². The molecule has 10 nitrogen and oxygen atoms in total. The van der Waals surface area contributed by atoms with Gasteiger partial charge in [-0.25, -0.2) is 8.78 Å². The quantitative estimate of drug-likeness (QED) is 0.403. The molecule has 6 rings (SSSR count). The van der Waals surface area contributed by atoms with Gasteiger partial charge in [-0.1, -0.05) is 6.07 Å². The van der Waals surface area contributed by atoms with Gasteiger partial charge in [0, 0.05) is 36.6 Å². The van der Waals surface area contributed by atoms with Crippen molar-refractivity contribution in [2.75, 3.05) is 36.5 Å². The summed E-state index contributed by atoms with van der Waals surface area (Å²) in [7, 11) is 0. The fraction of sp³-hybridized carbons (Fsp3) is 0.333. The number of nitrogens with two attached hydrogens (primary N) is 1. The van der Waals surface area contributed by atoms with Gasteiger partial charge in [-0.15, -0.1) is 0 Å². The van der Waals surface area contributed by atoms with Gasteiger partial charge in [-0.05, 0) is 44.2 Å². The van der Waals surface area contributed by atoms with Crippen molar-refractivity contribution in [1.82, 2.24) is 19.6 Å². The SMILES string of the molecule is CC(C)n1ncc2c(N3CC(N)C4(COC4)C3)c(NC(=O)c3ccc(=O)n(-c4c(F)cccc4F)n3)ccc21. The molecular formula is C27H27F2N7O3. The number of nitrogens with one attached hydrogen (secondary N) is 1. The van der Waals surface area contributed by atoms with Gasteiger partial charge in [0.25, 0.3) is 11.5 Å². The summed E-state index contributed by atoms with van der Waals surface area (Å²) in [5.41, 5.74) is 6.90. The largest absolute Gasteiger partial charge is 0.380 e. The molecule has 3 N–H and O–H groups in total. The Hall–Kier alpha value is -4.16. The summed E-state index contributed by atoms with van der Waals surface area (Å²) in [6.07, 6.45) is 1.77. The van der Waals surface area contributed by atoms with Crippen LogP contribution in [0.5, 0.6) is 0 Å². The Morgan fingerprint density at radius 2 is 1.87 bits per heavy atom. The van der Waals surface area contributed by atoms with E-state index in [-0.39, 0.29) is 23.2 Å². The molecule has 0 saturated carbocycles. The average molecular weight is 536 g/mol. The van der Waals surface area contributed by atoms with Gasteiger partial charge in [0.05, 0.1) is 41.7 Å². The van der Waals surface area contributed by atoms with Crippen molar-refractivity contribution in [3.8, 4) is 5.69 Å². The zero-order chi connectivity index (χ0) is 27.5. The Morgan fingerprint density at radius 3 is 2.51 bits per heavy atom. The molecule has 2 aromatic carbocycles. The highest BCUT2D eigenvalue weighted by molar-refractivity contribution is 6.09. The van der Waals surface area contributed by atoms with E-state index in [0.29, 0.717) is 36.7 Å². The first-order valence-electron chi connectivity index (χ1n) is 12.6.